The SMILES string of the molecule is CCOCCOc1ccc(C(=O)NC(=S)Nc2ccc(S(=O)(=O)NC(C)(C)C)cc2)cc1. The molecule has 32 heavy (non-hydrogen) atoms. The maximum absolute atomic E-state index is 12.4. The highest BCUT2D eigenvalue weighted by molar-refractivity contribution is 7.89. The van der Waals surface area contributed by atoms with Crippen molar-refractivity contribution in [2.45, 2.75) is 38.1 Å². The van der Waals surface area contributed by atoms with Crippen LogP contribution in [-0.4, -0.2) is 44.8 Å². The van der Waals surface area contributed by atoms with Gasteiger partial charge in [-0.05, 0) is 88.4 Å². The van der Waals surface area contributed by atoms with Crippen molar-refractivity contribution >= 4 is 38.9 Å². The number of thiocarbonyl (C=S) groups is 1. The first-order valence-corrected chi connectivity index (χ1v) is 12.0. The van der Waals surface area contributed by atoms with Crippen molar-refractivity contribution in [2.24, 2.45) is 0 Å². The Kier molecular flexibility index (Phi) is 9.14. The highest BCUT2D eigenvalue weighted by Gasteiger charge is 2.21. The summed E-state index contributed by atoms with van der Waals surface area (Å²) in [5, 5.41) is 5.55. The summed E-state index contributed by atoms with van der Waals surface area (Å²) >= 11 is 5.19. The molecule has 1 amide bonds. The molecule has 0 radical (unpaired) electrons. The van der Waals surface area contributed by atoms with Crippen molar-refractivity contribution in [1.82, 2.24) is 10.0 Å². The van der Waals surface area contributed by atoms with Gasteiger partial charge < -0.3 is 14.8 Å². The topological polar surface area (TPSA) is 106 Å². The first kappa shape index (κ1) is 25.7. The summed E-state index contributed by atoms with van der Waals surface area (Å²) in [6.07, 6.45) is 0. The molecule has 0 fully saturated rings. The number of hydrogen-bond donors (Lipinski definition) is 3. The average Bonchev–Trinajstić information content (AvgIpc) is 2.70. The monoisotopic (exact) mass is 479 g/mol. The zero-order valence-electron chi connectivity index (χ0n) is 18.6. The van der Waals surface area contributed by atoms with E-state index in [1.165, 1.54) is 12.1 Å². The fraction of sp³-hybridized carbons (Fsp3) is 0.364. The maximum Gasteiger partial charge on any atom is 0.257 e. The zero-order chi connectivity index (χ0) is 23.8. The number of rotatable bonds is 9. The van der Waals surface area contributed by atoms with E-state index in [2.05, 4.69) is 15.4 Å². The first-order valence-electron chi connectivity index (χ1n) is 10.1. The Morgan fingerprint density at radius 3 is 2.19 bits per heavy atom. The molecule has 10 heteroatoms. The van der Waals surface area contributed by atoms with E-state index in [0.29, 0.717) is 36.8 Å². The summed E-state index contributed by atoms with van der Waals surface area (Å²) in [7, 11) is -3.63. The van der Waals surface area contributed by atoms with E-state index in [4.69, 9.17) is 21.7 Å². The summed E-state index contributed by atoms with van der Waals surface area (Å²) in [5.41, 5.74) is 0.374. The van der Waals surface area contributed by atoms with E-state index in [1.807, 2.05) is 6.92 Å². The number of anilines is 1. The smallest absolute Gasteiger partial charge is 0.257 e. The Morgan fingerprint density at radius 1 is 1.00 bits per heavy atom. The zero-order valence-corrected chi connectivity index (χ0v) is 20.2. The molecule has 2 aromatic rings. The van der Waals surface area contributed by atoms with Gasteiger partial charge in [0.05, 0.1) is 11.5 Å². The molecule has 0 saturated carbocycles. The summed E-state index contributed by atoms with van der Waals surface area (Å²) in [4.78, 5) is 12.5. The van der Waals surface area contributed by atoms with E-state index in [1.54, 1.807) is 57.2 Å². The lowest BCUT2D eigenvalue weighted by Gasteiger charge is -2.20. The Balaban J connectivity index is 1.90. The molecule has 2 aromatic carbocycles. The van der Waals surface area contributed by atoms with E-state index in [0.717, 1.165) is 0 Å². The molecule has 0 bridgehead atoms. The molecule has 0 atom stereocenters. The molecule has 0 spiro atoms. The number of nitrogens with one attached hydrogen (secondary N) is 3. The number of ether oxygens (including phenoxy) is 2. The van der Waals surface area contributed by atoms with Crippen molar-refractivity contribution < 1.29 is 22.7 Å². The molecule has 0 unspecified atom stereocenters. The van der Waals surface area contributed by atoms with E-state index in [-0.39, 0.29) is 15.9 Å². The third kappa shape index (κ3) is 8.54. The molecule has 0 saturated heterocycles. The number of carbonyl (C=O) groups excluding carboxylic acids is 1. The number of carbonyl (C=O) groups is 1. The molecule has 0 aliphatic rings. The third-order valence-electron chi connectivity index (χ3n) is 3.91. The second-order valence-electron chi connectivity index (χ2n) is 7.86. The van der Waals surface area contributed by atoms with Crippen LogP contribution in [0.25, 0.3) is 0 Å². The van der Waals surface area contributed by atoms with Crippen LogP contribution in [0.1, 0.15) is 38.1 Å². The van der Waals surface area contributed by atoms with Crippen LogP contribution in [0.2, 0.25) is 0 Å². The normalized spacial score (nSPS) is 11.6. The van der Waals surface area contributed by atoms with Gasteiger partial charge in [0.1, 0.15) is 12.4 Å². The molecule has 3 N–H and O–H groups in total. The van der Waals surface area contributed by atoms with Gasteiger partial charge in [0.15, 0.2) is 5.11 Å². The largest absolute Gasteiger partial charge is 0.491 e. The minimum atomic E-state index is -3.63. The van der Waals surface area contributed by atoms with Gasteiger partial charge in [-0.2, -0.15) is 0 Å². The van der Waals surface area contributed by atoms with Gasteiger partial charge in [0.25, 0.3) is 5.91 Å². The van der Waals surface area contributed by atoms with Gasteiger partial charge in [-0.1, -0.05) is 0 Å². The maximum atomic E-state index is 12.4. The molecular formula is C22H29N3O5S2. The van der Waals surface area contributed by atoms with Crippen LogP contribution in [0.15, 0.2) is 53.4 Å². The minimum Gasteiger partial charge on any atom is -0.491 e. The van der Waals surface area contributed by atoms with Gasteiger partial charge >= 0.3 is 0 Å². The summed E-state index contributed by atoms with van der Waals surface area (Å²) in [6.45, 7) is 8.78. The molecule has 0 heterocycles. The first-order chi connectivity index (χ1) is 15.0. The fourth-order valence-corrected chi connectivity index (χ4v) is 4.21. The Morgan fingerprint density at radius 2 is 1.62 bits per heavy atom. The minimum absolute atomic E-state index is 0.0930. The van der Waals surface area contributed by atoms with E-state index in [9.17, 15) is 13.2 Å². The van der Waals surface area contributed by atoms with Crippen LogP contribution in [0.4, 0.5) is 5.69 Å². The molecule has 174 valence electrons. The quantitative estimate of drug-likeness (QED) is 0.374. The van der Waals surface area contributed by atoms with E-state index >= 15 is 0 Å². The van der Waals surface area contributed by atoms with Crippen LogP contribution in [0.5, 0.6) is 5.75 Å². The third-order valence-corrected chi connectivity index (χ3v) is 5.89. The fourth-order valence-electron chi connectivity index (χ4n) is 2.58. The summed E-state index contributed by atoms with van der Waals surface area (Å²) in [6, 6.07) is 12.7. The van der Waals surface area contributed by atoms with Crippen LogP contribution >= 0.6 is 12.2 Å². The molecular weight excluding hydrogens is 450 g/mol. The van der Waals surface area contributed by atoms with Crippen molar-refractivity contribution in [3.63, 3.8) is 0 Å². The second kappa shape index (κ2) is 11.4. The lowest BCUT2D eigenvalue weighted by molar-refractivity contribution is 0.0977. The molecule has 8 nitrogen and oxygen atoms in total. The van der Waals surface area contributed by atoms with Gasteiger partial charge in [-0.3, -0.25) is 10.1 Å². The van der Waals surface area contributed by atoms with Crippen LogP contribution in [0, 0.1) is 0 Å². The number of amides is 1. The highest BCUT2D eigenvalue weighted by atomic mass is 32.2. The lowest BCUT2D eigenvalue weighted by Crippen LogP contribution is -2.40. The number of benzene rings is 2. The Labute approximate surface area is 194 Å². The van der Waals surface area contributed by atoms with Crippen molar-refractivity contribution in [3.8, 4) is 5.75 Å². The molecule has 0 aliphatic heterocycles. The Bertz CT molecular complexity index is 1020. The summed E-state index contributed by atoms with van der Waals surface area (Å²) in [5.74, 6) is 0.259. The van der Waals surface area contributed by atoms with Gasteiger partial charge in [0.2, 0.25) is 10.0 Å². The molecule has 0 aromatic heterocycles. The number of sulfonamides is 1. The van der Waals surface area contributed by atoms with Crippen LogP contribution < -0.4 is 20.1 Å². The van der Waals surface area contributed by atoms with E-state index < -0.39 is 15.6 Å². The average molecular weight is 480 g/mol. The van der Waals surface area contributed by atoms with Crippen LogP contribution in [0.3, 0.4) is 0 Å². The predicted octanol–water partition coefficient (Wildman–Crippen LogP) is 3.31. The number of hydrogen-bond acceptors (Lipinski definition) is 6. The van der Waals surface area contributed by atoms with Gasteiger partial charge in [-0.25, -0.2) is 13.1 Å². The van der Waals surface area contributed by atoms with Gasteiger partial charge in [-0.15, -0.1) is 0 Å². The summed E-state index contributed by atoms with van der Waals surface area (Å²) < 4.78 is 38.1. The standard InChI is InChI=1S/C22H29N3O5S2/c1-5-29-14-15-30-18-10-6-16(7-11-18)20(26)24-21(31)23-17-8-12-19(13-9-17)32(27,28)25-22(2,3)4/h6-13,25H,5,14-15H2,1-4H3,(H2,23,24,26,31). The van der Waals surface area contributed by atoms with Crippen molar-refractivity contribution in [2.75, 3.05) is 25.1 Å². The molecule has 2 rings (SSSR count). The predicted molar refractivity (Wildman–Crippen MR) is 129 cm³/mol. The van der Waals surface area contributed by atoms with Crippen LogP contribution in [-0.2, 0) is 14.8 Å². The van der Waals surface area contributed by atoms with Gasteiger partial charge in [0, 0.05) is 23.4 Å². The second-order valence-corrected chi connectivity index (χ2v) is 9.95. The molecule has 0 aliphatic carbocycles. The van der Waals surface area contributed by atoms with Crippen molar-refractivity contribution in [3.05, 3.63) is 54.1 Å². The highest BCUT2D eigenvalue weighted by Crippen LogP contribution is 2.16. The Hall–Kier alpha value is -2.53. The van der Waals surface area contributed by atoms with Crippen molar-refractivity contribution in [1.29, 1.82) is 0 Å². The lowest BCUT2D eigenvalue weighted by atomic mass is 10.1.